The highest BCUT2D eigenvalue weighted by atomic mass is 35.5. The van der Waals surface area contributed by atoms with Gasteiger partial charge in [0.05, 0.1) is 11.9 Å². The molecule has 25 heavy (non-hydrogen) atoms. The molecular formula is C20H20ClFN2O. The maximum atomic E-state index is 13.5. The van der Waals surface area contributed by atoms with Gasteiger partial charge in [0.15, 0.2) is 0 Å². The van der Waals surface area contributed by atoms with Crippen molar-refractivity contribution < 1.29 is 9.18 Å². The molecule has 0 fully saturated rings. The third-order valence-electron chi connectivity index (χ3n) is 5.28. The highest BCUT2D eigenvalue weighted by molar-refractivity contribution is 6.31. The molecule has 0 spiro atoms. The van der Waals surface area contributed by atoms with Gasteiger partial charge in [-0.05, 0) is 43.0 Å². The van der Waals surface area contributed by atoms with Gasteiger partial charge >= 0.3 is 0 Å². The van der Waals surface area contributed by atoms with Gasteiger partial charge in [-0.25, -0.2) is 4.39 Å². The first-order valence-corrected chi connectivity index (χ1v) is 9.07. The Kier molecular flexibility index (Phi) is 4.38. The lowest BCUT2D eigenvalue weighted by molar-refractivity contribution is -0.121. The van der Waals surface area contributed by atoms with Gasteiger partial charge in [-0.15, -0.1) is 0 Å². The van der Waals surface area contributed by atoms with Crippen molar-refractivity contribution in [2.75, 3.05) is 6.54 Å². The fraction of sp³-hybridized carbons (Fsp3) is 0.350. The zero-order valence-electron chi connectivity index (χ0n) is 13.8. The Hall–Kier alpha value is -2.07. The van der Waals surface area contributed by atoms with Crippen LogP contribution < -0.4 is 0 Å². The lowest BCUT2D eigenvalue weighted by Gasteiger charge is -2.37. The van der Waals surface area contributed by atoms with Crippen LogP contribution in [0.5, 0.6) is 0 Å². The van der Waals surface area contributed by atoms with Crippen LogP contribution in [-0.4, -0.2) is 22.8 Å². The van der Waals surface area contributed by atoms with E-state index in [4.69, 9.17) is 11.6 Å². The normalized spacial score (nSPS) is 27.1. The SMILES string of the molecule is O=CN1CCc2c([nH]c3ccc(Cl)cc23)C1C1/C=C\C/C(F)=C\CC1. The molecule has 2 aliphatic rings. The summed E-state index contributed by atoms with van der Waals surface area (Å²) in [6.45, 7) is 0.690. The number of nitrogens with one attached hydrogen (secondary N) is 1. The van der Waals surface area contributed by atoms with Crippen molar-refractivity contribution in [3.05, 3.63) is 58.5 Å². The summed E-state index contributed by atoms with van der Waals surface area (Å²) in [6, 6.07) is 5.82. The summed E-state index contributed by atoms with van der Waals surface area (Å²) in [6.07, 6.45) is 9.20. The number of amides is 1. The van der Waals surface area contributed by atoms with E-state index in [0.29, 0.717) is 19.4 Å². The smallest absolute Gasteiger partial charge is 0.210 e. The molecule has 130 valence electrons. The van der Waals surface area contributed by atoms with E-state index >= 15 is 0 Å². The summed E-state index contributed by atoms with van der Waals surface area (Å²) in [5.41, 5.74) is 3.39. The van der Waals surface area contributed by atoms with Gasteiger partial charge in [0, 0.05) is 40.5 Å². The van der Waals surface area contributed by atoms with Gasteiger partial charge in [-0.1, -0.05) is 29.8 Å². The maximum Gasteiger partial charge on any atom is 0.210 e. The standard InChI is InChI=1S/C20H20ClFN2O/c21-14-7-8-18-17(11-14)16-9-10-24(12-25)20(19(16)23-18)13-3-1-5-15(22)6-2-4-13/h1,3,6-8,11-13,20,23H,2,4-5,9-10H2/b3-1-,15-6+. The lowest BCUT2D eigenvalue weighted by atomic mass is 9.85. The number of rotatable bonds is 2. The van der Waals surface area contributed by atoms with Gasteiger partial charge < -0.3 is 9.88 Å². The molecule has 2 atom stereocenters. The zero-order valence-corrected chi connectivity index (χ0v) is 14.6. The van der Waals surface area contributed by atoms with Gasteiger partial charge in [0.1, 0.15) is 0 Å². The minimum atomic E-state index is -0.0773. The van der Waals surface area contributed by atoms with Crippen LogP contribution in [0.25, 0.3) is 10.9 Å². The molecule has 1 aliphatic carbocycles. The average Bonchev–Trinajstić information content (AvgIpc) is 2.95. The molecule has 4 rings (SSSR count). The zero-order chi connectivity index (χ0) is 17.4. The second-order valence-corrected chi connectivity index (χ2v) is 7.21. The van der Waals surface area contributed by atoms with Crippen LogP contribution in [0.2, 0.25) is 5.02 Å². The van der Waals surface area contributed by atoms with Crippen molar-refractivity contribution in [3.63, 3.8) is 0 Å². The molecule has 1 N–H and O–H groups in total. The summed E-state index contributed by atoms with van der Waals surface area (Å²) in [5.74, 6) is 0.0867. The first-order chi connectivity index (χ1) is 12.2. The van der Waals surface area contributed by atoms with E-state index in [2.05, 4.69) is 11.1 Å². The highest BCUT2D eigenvalue weighted by Gasteiger charge is 2.34. The van der Waals surface area contributed by atoms with E-state index in [1.807, 2.05) is 29.2 Å². The minimum Gasteiger partial charge on any atom is -0.356 e. The Morgan fingerprint density at radius 1 is 1.36 bits per heavy atom. The van der Waals surface area contributed by atoms with Crippen LogP contribution in [0, 0.1) is 5.92 Å². The second-order valence-electron chi connectivity index (χ2n) is 6.77. The molecule has 1 aromatic carbocycles. The summed E-state index contributed by atoms with van der Waals surface area (Å²) in [4.78, 5) is 17.1. The van der Waals surface area contributed by atoms with Crippen LogP contribution in [0.1, 0.15) is 36.6 Å². The van der Waals surface area contributed by atoms with Crippen LogP contribution in [0.3, 0.4) is 0 Å². The topological polar surface area (TPSA) is 36.1 Å². The predicted molar refractivity (Wildman–Crippen MR) is 98.2 cm³/mol. The molecule has 2 heterocycles. The summed E-state index contributed by atoms with van der Waals surface area (Å²) >= 11 is 6.18. The summed E-state index contributed by atoms with van der Waals surface area (Å²) in [5, 5.41) is 1.86. The van der Waals surface area contributed by atoms with E-state index in [1.165, 1.54) is 5.56 Å². The number of halogens is 2. The average molecular weight is 359 g/mol. The Bertz CT molecular complexity index is 870. The number of allylic oxidation sites excluding steroid dienone is 3. The molecule has 1 aliphatic heterocycles. The van der Waals surface area contributed by atoms with Crippen molar-refractivity contribution in [1.29, 1.82) is 0 Å². The summed E-state index contributed by atoms with van der Waals surface area (Å²) in [7, 11) is 0. The third-order valence-corrected chi connectivity index (χ3v) is 5.51. The highest BCUT2D eigenvalue weighted by Crippen LogP contribution is 2.41. The van der Waals surface area contributed by atoms with E-state index in [9.17, 15) is 9.18 Å². The van der Waals surface area contributed by atoms with E-state index in [1.54, 1.807) is 6.08 Å². The van der Waals surface area contributed by atoms with Crippen molar-refractivity contribution in [1.82, 2.24) is 9.88 Å². The number of nitrogens with zero attached hydrogens (tertiary/aromatic N) is 1. The van der Waals surface area contributed by atoms with Crippen molar-refractivity contribution in [2.24, 2.45) is 5.92 Å². The Morgan fingerprint density at radius 3 is 3.08 bits per heavy atom. The molecule has 0 bridgehead atoms. The van der Waals surface area contributed by atoms with Gasteiger partial charge in [-0.3, -0.25) is 4.79 Å². The van der Waals surface area contributed by atoms with Crippen molar-refractivity contribution in [2.45, 2.75) is 31.7 Å². The van der Waals surface area contributed by atoms with Crippen LogP contribution in [-0.2, 0) is 11.2 Å². The monoisotopic (exact) mass is 358 g/mol. The maximum absolute atomic E-state index is 13.5. The van der Waals surface area contributed by atoms with Gasteiger partial charge in [0.25, 0.3) is 0 Å². The molecule has 3 nitrogen and oxygen atoms in total. The Balaban J connectivity index is 1.78. The molecular weight excluding hydrogens is 339 g/mol. The van der Waals surface area contributed by atoms with Crippen molar-refractivity contribution in [3.8, 4) is 0 Å². The Labute approximate surface area is 151 Å². The number of H-pyrrole nitrogens is 1. The van der Waals surface area contributed by atoms with Crippen molar-refractivity contribution >= 4 is 28.9 Å². The first-order valence-electron chi connectivity index (χ1n) is 8.69. The third kappa shape index (κ3) is 2.99. The number of carbonyl (C=O) groups is 1. The molecule has 2 unspecified atom stereocenters. The molecule has 0 saturated carbocycles. The number of carbonyl (C=O) groups excluding carboxylic acids is 1. The van der Waals surface area contributed by atoms with Gasteiger partial charge in [0.2, 0.25) is 6.41 Å². The van der Waals surface area contributed by atoms with E-state index in [-0.39, 0.29) is 17.8 Å². The number of aromatic nitrogens is 1. The molecule has 5 heteroatoms. The fourth-order valence-corrected chi connectivity index (χ4v) is 4.29. The number of aromatic amines is 1. The van der Waals surface area contributed by atoms with E-state index < -0.39 is 0 Å². The molecule has 0 saturated heterocycles. The van der Waals surface area contributed by atoms with Crippen LogP contribution in [0.4, 0.5) is 4.39 Å². The van der Waals surface area contributed by atoms with Gasteiger partial charge in [-0.2, -0.15) is 0 Å². The fourth-order valence-electron chi connectivity index (χ4n) is 4.12. The largest absolute Gasteiger partial charge is 0.356 e. The molecule has 1 amide bonds. The minimum absolute atomic E-state index is 0.0433. The molecule has 2 aromatic rings. The number of fused-ring (bicyclic) bond motifs is 3. The lowest BCUT2D eigenvalue weighted by Crippen LogP contribution is -2.38. The number of benzene rings is 1. The predicted octanol–water partition coefficient (Wildman–Crippen LogP) is 5.09. The summed E-state index contributed by atoms with van der Waals surface area (Å²) < 4.78 is 13.5. The quantitative estimate of drug-likeness (QED) is 0.589. The first kappa shape index (κ1) is 16.4. The second kappa shape index (κ2) is 6.68. The Morgan fingerprint density at radius 2 is 2.24 bits per heavy atom. The number of hydrogen-bond donors (Lipinski definition) is 1. The molecule has 0 radical (unpaired) electrons. The van der Waals surface area contributed by atoms with Crippen LogP contribution >= 0.6 is 11.6 Å². The number of hydrogen-bond acceptors (Lipinski definition) is 1. The van der Waals surface area contributed by atoms with Crippen LogP contribution in [0.15, 0.2) is 42.3 Å². The van der Waals surface area contributed by atoms with E-state index in [0.717, 1.165) is 40.9 Å². The molecule has 1 aromatic heterocycles.